The van der Waals surface area contributed by atoms with Crippen LogP contribution in [0.5, 0.6) is 0 Å². The first-order valence-electron chi connectivity index (χ1n) is 7.88. The van der Waals surface area contributed by atoms with E-state index < -0.39 is 35.4 Å². The van der Waals surface area contributed by atoms with Crippen LogP contribution >= 0.6 is 11.8 Å². The first kappa shape index (κ1) is 21.8. The Labute approximate surface area is 155 Å². The van der Waals surface area contributed by atoms with E-state index >= 15 is 0 Å². The summed E-state index contributed by atoms with van der Waals surface area (Å²) >= 11 is 1.31. The van der Waals surface area contributed by atoms with Crippen LogP contribution in [0.2, 0.25) is 0 Å². The minimum atomic E-state index is -1.17. The molecule has 144 valence electrons. The number of nitrogens with two attached hydrogens (primary N) is 1. The summed E-state index contributed by atoms with van der Waals surface area (Å²) in [6, 6.07) is 2.88. The summed E-state index contributed by atoms with van der Waals surface area (Å²) in [5, 5.41) is 11.5. The lowest BCUT2D eigenvalue weighted by Gasteiger charge is -2.22. The maximum atomic E-state index is 13.9. The number of ether oxygens (including phenoxy) is 1. The third-order valence-corrected chi connectivity index (χ3v) is 4.17. The number of carbonyl (C=O) groups is 3. The van der Waals surface area contributed by atoms with E-state index in [4.69, 9.17) is 10.5 Å². The Morgan fingerprint density at radius 1 is 1.35 bits per heavy atom. The van der Waals surface area contributed by atoms with Gasteiger partial charge in [-0.2, -0.15) is 11.8 Å². The molecule has 1 atom stereocenters. The molecule has 9 heteroatoms. The van der Waals surface area contributed by atoms with Crippen molar-refractivity contribution in [2.45, 2.75) is 44.6 Å². The van der Waals surface area contributed by atoms with Crippen LogP contribution < -0.4 is 11.1 Å². The molecule has 1 rings (SSSR count). The van der Waals surface area contributed by atoms with E-state index in [1.807, 2.05) is 0 Å². The number of primary amides is 1. The van der Waals surface area contributed by atoms with Crippen LogP contribution in [-0.2, 0) is 15.3 Å². The molecule has 0 aliphatic carbocycles. The second kappa shape index (κ2) is 9.42. The van der Waals surface area contributed by atoms with Crippen LogP contribution in [0.15, 0.2) is 18.2 Å². The van der Waals surface area contributed by atoms with E-state index in [1.165, 1.54) is 23.9 Å². The molecular weight excluding hydrogens is 363 g/mol. The molecule has 0 saturated carbocycles. The fourth-order valence-electron chi connectivity index (χ4n) is 1.91. The molecule has 4 N–H and O–H groups in total. The van der Waals surface area contributed by atoms with Gasteiger partial charge in [0.25, 0.3) is 0 Å². The van der Waals surface area contributed by atoms with Crippen LogP contribution in [0, 0.1) is 5.82 Å². The van der Waals surface area contributed by atoms with Crippen molar-refractivity contribution in [3.63, 3.8) is 0 Å². The number of benzene rings is 1. The Kier molecular flexibility index (Phi) is 7.88. The molecule has 0 spiro atoms. The van der Waals surface area contributed by atoms with Crippen molar-refractivity contribution in [1.29, 1.82) is 0 Å². The van der Waals surface area contributed by atoms with E-state index in [0.29, 0.717) is 17.1 Å². The van der Waals surface area contributed by atoms with Gasteiger partial charge in [0, 0.05) is 11.3 Å². The number of halogens is 1. The van der Waals surface area contributed by atoms with Crippen LogP contribution in [0.3, 0.4) is 0 Å². The van der Waals surface area contributed by atoms with E-state index in [0.717, 1.165) is 6.07 Å². The molecule has 0 aromatic heterocycles. The van der Waals surface area contributed by atoms with Gasteiger partial charge < -0.3 is 20.9 Å². The summed E-state index contributed by atoms with van der Waals surface area (Å²) in [6.07, 6.45) is -0.650. The van der Waals surface area contributed by atoms with Gasteiger partial charge in [0.1, 0.15) is 17.5 Å². The number of carboxylic acids is 1. The van der Waals surface area contributed by atoms with Gasteiger partial charge in [0.15, 0.2) is 0 Å². The highest BCUT2D eigenvalue weighted by atomic mass is 32.2. The first-order valence-corrected chi connectivity index (χ1v) is 9.03. The fraction of sp³-hybridized carbons (Fsp3) is 0.471. The van der Waals surface area contributed by atoms with Gasteiger partial charge in [-0.3, -0.25) is 4.79 Å². The molecule has 7 nitrogen and oxygen atoms in total. The lowest BCUT2D eigenvalue weighted by atomic mass is 10.1. The van der Waals surface area contributed by atoms with Crippen molar-refractivity contribution in [3.05, 3.63) is 35.1 Å². The fourth-order valence-corrected chi connectivity index (χ4v) is 2.91. The molecule has 0 bridgehead atoms. The van der Waals surface area contributed by atoms with Crippen molar-refractivity contribution < 1.29 is 28.6 Å². The third-order valence-electron chi connectivity index (χ3n) is 3.14. The van der Waals surface area contributed by atoms with Gasteiger partial charge in [-0.25, -0.2) is 14.0 Å². The van der Waals surface area contributed by atoms with E-state index in [1.54, 1.807) is 20.8 Å². The molecule has 26 heavy (non-hydrogen) atoms. The molecule has 0 saturated heterocycles. The Morgan fingerprint density at radius 2 is 2.00 bits per heavy atom. The minimum absolute atomic E-state index is 0.0868. The quantitative estimate of drug-likeness (QED) is 0.591. The molecule has 1 aromatic rings. The Hall–Kier alpha value is -2.29. The van der Waals surface area contributed by atoms with E-state index in [-0.39, 0.29) is 12.0 Å². The van der Waals surface area contributed by atoms with Crippen LogP contribution in [0.1, 0.15) is 43.1 Å². The Morgan fingerprint density at radius 3 is 2.50 bits per heavy atom. The summed E-state index contributed by atoms with van der Waals surface area (Å²) < 4.78 is 18.9. The minimum Gasteiger partial charge on any atom is -0.480 e. The first-order chi connectivity index (χ1) is 12.0. The highest BCUT2D eigenvalue weighted by molar-refractivity contribution is 7.98. The Bertz CT molecular complexity index is 676. The summed E-state index contributed by atoms with van der Waals surface area (Å²) in [5.74, 6) is -1.75. The average molecular weight is 386 g/mol. The van der Waals surface area contributed by atoms with Crippen molar-refractivity contribution >= 4 is 29.7 Å². The summed E-state index contributed by atoms with van der Waals surface area (Å²) in [6.45, 7) is 5.03. The molecule has 0 aliphatic heterocycles. The second-order valence-corrected chi connectivity index (χ2v) is 7.65. The number of thioether (sulfide) groups is 1. The summed E-state index contributed by atoms with van der Waals surface area (Å²) in [7, 11) is 0. The van der Waals surface area contributed by atoms with Crippen LogP contribution in [-0.4, -0.2) is 40.5 Å². The average Bonchev–Trinajstić information content (AvgIpc) is 2.49. The number of nitrogens with one attached hydrogen (secondary N) is 1. The monoisotopic (exact) mass is 386 g/mol. The highest BCUT2D eigenvalue weighted by Crippen LogP contribution is 2.18. The zero-order valence-corrected chi connectivity index (χ0v) is 15.7. The molecule has 1 aromatic carbocycles. The maximum absolute atomic E-state index is 13.9. The van der Waals surface area contributed by atoms with Crippen molar-refractivity contribution in [2.24, 2.45) is 5.73 Å². The number of carboxylic acid groups (broad SMARTS) is 1. The zero-order chi connectivity index (χ0) is 19.9. The maximum Gasteiger partial charge on any atom is 0.408 e. The number of hydrogen-bond donors (Lipinski definition) is 3. The van der Waals surface area contributed by atoms with Gasteiger partial charge in [-0.05, 0) is 50.6 Å². The highest BCUT2D eigenvalue weighted by Gasteiger charge is 2.23. The number of carbonyl (C=O) groups excluding carboxylic acids is 2. The zero-order valence-electron chi connectivity index (χ0n) is 14.9. The second-order valence-electron chi connectivity index (χ2n) is 6.55. The van der Waals surface area contributed by atoms with Gasteiger partial charge >= 0.3 is 12.1 Å². The molecule has 1 unspecified atom stereocenters. The van der Waals surface area contributed by atoms with Crippen molar-refractivity contribution in [2.75, 3.05) is 5.75 Å². The van der Waals surface area contributed by atoms with Gasteiger partial charge in [0.2, 0.25) is 5.91 Å². The van der Waals surface area contributed by atoms with Gasteiger partial charge in [-0.15, -0.1) is 0 Å². The van der Waals surface area contributed by atoms with Crippen LogP contribution in [0.4, 0.5) is 9.18 Å². The van der Waals surface area contributed by atoms with Crippen molar-refractivity contribution in [3.8, 4) is 0 Å². The predicted octanol–water partition coefficient (Wildman–Crippen LogP) is 2.53. The van der Waals surface area contributed by atoms with E-state index in [2.05, 4.69) is 5.32 Å². The molecular formula is C17H23FN2O5S. The lowest BCUT2D eigenvalue weighted by Crippen LogP contribution is -2.43. The number of hydrogen-bond acceptors (Lipinski definition) is 5. The normalized spacial score (nSPS) is 12.3. The van der Waals surface area contributed by atoms with Gasteiger partial charge in [-0.1, -0.05) is 6.07 Å². The molecule has 0 fully saturated rings. The SMILES string of the molecule is CC(C)(C)OC(=O)NC(CCSCc1ccc(C(N)=O)cc1F)C(=O)O. The topological polar surface area (TPSA) is 119 Å². The molecule has 0 radical (unpaired) electrons. The standard InChI is InChI=1S/C17H23FN2O5S/c1-17(2,3)25-16(24)20-13(15(22)23)6-7-26-9-11-5-4-10(14(19)21)8-12(11)18/h4-5,8,13H,6-7,9H2,1-3H3,(H2,19,21)(H,20,24)(H,22,23). The van der Waals surface area contributed by atoms with Crippen LogP contribution in [0.25, 0.3) is 0 Å². The third kappa shape index (κ3) is 7.73. The lowest BCUT2D eigenvalue weighted by molar-refractivity contribution is -0.139. The number of amides is 2. The number of aliphatic carboxylic acids is 1. The van der Waals surface area contributed by atoms with E-state index in [9.17, 15) is 23.9 Å². The summed E-state index contributed by atoms with van der Waals surface area (Å²) in [5.41, 5.74) is 4.83. The van der Waals surface area contributed by atoms with Gasteiger partial charge in [0.05, 0.1) is 0 Å². The number of rotatable bonds is 8. The predicted molar refractivity (Wildman–Crippen MR) is 96.5 cm³/mol. The Balaban J connectivity index is 2.50. The summed E-state index contributed by atoms with van der Waals surface area (Å²) in [4.78, 5) is 33.9. The molecule has 0 aliphatic rings. The smallest absolute Gasteiger partial charge is 0.408 e. The molecule has 2 amide bonds. The molecule has 0 heterocycles. The largest absolute Gasteiger partial charge is 0.480 e. The number of alkyl carbamates (subject to hydrolysis) is 1. The van der Waals surface area contributed by atoms with Crippen molar-refractivity contribution in [1.82, 2.24) is 5.32 Å².